The third-order valence-corrected chi connectivity index (χ3v) is 7.94. The molecule has 31 heavy (non-hydrogen) atoms. The Kier molecular flexibility index (Phi) is 8.31. The first-order chi connectivity index (χ1) is 15.1. The van der Waals surface area contributed by atoms with Crippen molar-refractivity contribution in [3.8, 4) is 5.75 Å². The van der Waals surface area contributed by atoms with Gasteiger partial charge in [-0.25, -0.2) is 0 Å². The SMILES string of the molecule is CCO[Si](CCc1ccc(N=Nc2c(O)ccc3ccccc23)cc1)(OCC)OCC. The second kappa shape index (κ2) is 11.2. The van der Waals surface area contributed by atoms with Crippen molar-refractivity contribution in [1.82, 2.24) is 0 Å². The van der Waals surface area contributed by atoms with Gasteiger partial charge in [0.2, 0.25) is 0 Å². The van der Waals surface area contributed by atoms with Crippen molar-refractivity contribution in [2.45, 2.75) is 33.2 Å². The van der Waals surface area contributed by atoms with Crippen LogP contribution in [0.15, 0.2) is 70.9 Å². The van der Waals surface area contributed by atoms with Crippen molar-refractivity contribution in [3.63, 3.8) is 0 Å². The van der Waals surface area contributed by atoms with E-state index in [0.29, 0.717) is 25.5 Å². The lowest BCUT2D eigenvalue weighted by molar-refractivity contribution is 0.0714. The molecule has 0 saturated heterocycles. The van der Waals surface area contributed by atoms with Crippen LogP contribution in [-0.4, -0.2) is 33.7 Å². The number of azo groups is 1. The minimum atomic E-state index is -2.65. The van der Waals surface area contributed by atoms with E-state index in [-0.39, 0.29) is 5.75 Å². The number of aromatic hydroxyl groups is 1. The van der Waals surface area contributed by atoms with Gasteiger partial charge in [-0.1, -0.05) is 42.5 Å². The maximum atomic E-state index is 10.2. The smallest absolute Gasteiger partial charge is 0.501 e. The number of benzene rings is 3. The molecule has 0 spiro atoms. The summed E-state index contributed by atoms with van der Waals surface area (Å²) < 4.78 is 17.8. The number of hydrogen-bond donors (Lipinski definition) is 1. The van der Waals surface area contributed by atoms with Crippen LogP contribution in [0.3, 0.4) is 0 Å². The Morgan fingerprint density at radius 1 is 0.774 bits per heavy atom. The molecule has 0 unspecified atom stereocenters. The van der Waals surface area contributed by atoms with Crippen molar-refractivity contribution in [3.05, 3.63) is 66.2 Å². The second-order valence-corrected chi connectivity index (χ2v) is 9.73. The molecule has 6 nitrogen and oxygen atoms in total. The molecule has 0 fully saturated rings. The Bertz CT molecular complexity index is 991. The lowest BCUT2D eigenvalue weighted by Crippen LogP contribution is -2.46. The van der Waals surface area contributed by atoms with Gasteiger partial charge in [-0.3, -0.25) is 0 Å². The fourth-order valence-corrected chi connectivity index (χ4v) is 6.08. The van der Waals surface area contributed by atoms with Crippen LogP contribution in [0.4, 0.5) is 11.4 Å². The quantitative estimate of drug-likeness (QED) is 0.272. The highest BCUT2D eigenvalue weighted by Gasteiger charge is 2.39. The molecule has 1 N–H and O–H groups in total. The summed E-state index contributed by atoms with van der Waals surface area (Å²) in [7, 11) is -2.65. The van der Waals surface area contributed by atoms with Crippen LogP contribution in [0.1, 0.15) is 26.3 Å². The minimum absolute atomic E-state index is 0.114. The van der Waals surface area contributed by atoms with Gasteiger partial charge in [-0.2, -0.15) is 5.11 Å². The molecule has 7 heteroatoms. The van der Waals surface area contributed by atoms with Crippen LogP contribution >= 0.6 is 0 Å². The first-order valence-corrected chi connectivity index (χ1v) is 12.7. The van der Waals surface area contributed by atoms with Crippen LogP contribution in [0.5, 0.6) is 5.75 Å². The van der Waals surface area contributed by atoms with Crippen molar-refractivity contribution in [2.24, 2.45) is 10.2 Å². The molecular weight excluding hydrogens is 408 g/mol. The largest absolute Gasteiger partial charge is 0.506 e. The molecule has 0 radical (unpaired) electrons. The molecular formula is C24H30N2O4Si. The van der Waals surface area contributed by atoms with Gasteiger partial charge < -0.3 is 18.4 Å². The highest BCUT2D eigenvalue weighted by Crippen LogP contribution is 2.36. The molecule has 3 aromatic rings. The van der Waals surface area contributed by atoms with Crippen molar-refractivity contribution >= 4 is 31.0 Å². The Hall–Kier alpha value is -2.58. The third kappa shape index (κ3) is 5.98. The number of hydrogen-bond acceptors (Lipinski definition) is 6. The number of phenolic OH excluding ortho intramolecular Hbond substituents is 1. The van der Waals surface area contributed by atoms with Crippen LogP contribution in [0.2, 0.25) is 6.04 Å². The minimum Gasteiger partial charge on any atom is -0.506 e. The number of fused-ring (bicyclic) bond motifs is 1. The molecule has 0 aliphatic carbocycles. The molecule has 0 heterocycles. The summed E-state index contributed by atoms with van der Waals surface area (Å²) in [5, 5.41) is 20.7. The highest BCUT2D eigenvalue weighted by atomic mass is 28.4. The Morgan fingerprint density at radius 2 is 1.42 bits per heavy atom. The van der Waals surface area contributed by atoms with Gasteiger partial charge >= 0.3 is 8.80 Å². The maximum Gasteiger partial charge on any atom is 0.501 e. The lowest BCUT2D eigenvalue weighted by atomic mass is 10.1. The van der Waals surface area contributed by atoms with E-state index in [1.165, 1.54) is 0 Å². The zero-order valence-corrected chi connectivity index (χ0v) is 19.4. The average Bonchev–Trinajstić information content (AvgIpc) is 2.78. The van der Waals surface area contributed by atoms with E-state index in [9.17, 15) is 5.11 Å². The number of rotatable bonds is 11. The van der Waals surface area contributed by atoms with Gasteiger partial charge in [-0.15, -0.1) is 5.11 Å². The molecule has 0 atom stereocenters. The predicted molar refractivity (Wildman–Crippen MR) is 125 cm³/mol. The van der Waals surface area contributed by atoms with Gasteiger partial charge in [0.25, 0.3) is 0 Å². The average molecular weight is 439 g/mol. The van der Waals surface area contributed by atoms with E-state index in [1.807, 2.05) is 75.4 Å². The second-order valence-electron chi connectivity index (χ2n) is 7.00. The fourth-order valence-electron chi connectivity index (χ4n) is 3.48. The number of phenols is 1. The maximum absolute atomic E-state index is 10.2. The molecule has 0 aliphatic rings. The lowest BCUT2D eigenvalue weighted by Gasteiger charge is -2.28. The van der Waals surface area contributed by atoms with E-state index in [4.69, 9.17) is 13.3 Å². The van der Waals surface area contributed by atoms with Crippen molar-refractivity contribution in [1.29, 1.82) is 0 Å². The highest BCUT2D eigenvalue weighted by molar-refractivity contribution is 6.60. The van der Waals surface area contributed by atoms with Gasteiger partial charge in [0.05, 0.1) is 5.69 Å². The van der Waals surface area contributed by atoms with E-state index in [1.54, 1.807) is 6.07 Å². The fraction of sp³-hybridized carbons (Fsp3) is 0.333. The summed E-state index contributed by atoms with van der Waals surface area (Å²) in [6.07, 6.45) is 0.799. The van der Waals surface area contributed by atoms with Crippen molar-refractivity contribution in [2.75, 3.05) is 19.8 Å². The van der Waals surface area contributed by atoms with E-state index in [2.05, 4.69) is 10.2 Å². The Morgan fingerprint density at radius 3 is 2.06 bits per heavy atom. The van der Waals surface area contributed by atoms with Gasteiger partial charge in [-0.05, 0) is 56.3 Å². The van der Waals surface area contributed by atoms with Crippen LogP contribution in [0, 0.1) is 0 Å². The molecule has 0 amide bonds. The summed E-state index contributed by atoms with van der Waals surface area (Å²) in [6, 6.07) is 19.9. The first-order valence-electron chi connectivity index (χ1n) is 10.7. The van der Waals surface area contributed by atoms with Crippen LogP contribution < -0.4 is 0 Å². The van der Waals surface area contributed by atoms with Gasteiger partial charge in [0.1, 0.15) is 11.4 Å². The summed E-state index contributed by atoms with van der Waals surface area (Å²) in [5.74, 6) is 0.114. The molecule has 164 valence electrons. The molecule has 3 rings (SSSR count). The Balaban J connectivity index is 1.71. The summed E-state index contributed by atoms with van der Waals surface area (Å²) in [5.41, 5.74) is 2.35. The van der Waals surface area contributed by atoms with Crippen LogP contribution in [-0.2, 0) is 19.7 Å². The number of nitrogens with zero attached hydrogens (tertiary/aromatic N) is 2. The van der Waals surface area contributed by atoms with Gasteiger partial charge in [0.15, 0.2) is 0 Å². The molecule has 0 bridgehead atoms. The topological polar surface area (TPSA) is 72.6 Å². The third-order valence-electron chi connectivity index (χ3n) is 4.89. The standard InChI is InChI=1S/C24H30N2O4Si/c1-4-28-31(29-5-2,30-6-3)18-17-19-11-14-21(15-12-19)25-26-24-22-10-8-7-9-20(22)13-16-23(24)27/h7-16,27H,4-6,17-18H2,1-3H3. The zero-order valence-electron chi connectivity index (χ0n) is 18.4. The zero-order chi connectivity index (χ0) is 22.1. The summed E-state index contributed by atoms with van der Waals surface area (Å²) in [4.78, 5) is 0. The van der Waals surface area contributed by atoms with E-state index < -0.39 is 8.80 Å². The molecule has 0 aliphatic heterocycles. The van der Waals surface area contributed by atoms with E-state index in [0.717, 1.165) is 34.5 Å². The molecule has 0 aromatic heterocycles. The Labute approximate surface area is 184 Å². The first kappa shape index (κ1) is 23.1. The molecule has 0 saturated carbocycles. The normalized spacial score (nSPS) is 12.1. The van der Waals surface area contributed by atoms with Crippen molar-refractivity contribution < 1.29 is 18.4 Å². The number of aryl methyl sites for hydroxylation is 1. The summed E-state index contributed by atoms with van der Waals surface area (Å²) >= 11 is 0. The van der Waals surface area contributed by atoms with Crippen LogP contribution in [0.25, 0.3) is 10.8 Å². The monoisotopic (exact) mass is 438 g/mol. The predicted octanol–water partition coefficient (Wildman–Crippen LogP) is 6.55. The van der Waals surface area contributed by atoms with Gasteiger partial charge in [0, 0.05) is 31.3 Å². The van der Waals surface area contributed by atoms with E-state index >= 15 is 0 Å². The summed E-state index contributed by atoms with van der Waals surface area (Å²) in [6.45, 7) is 7.62. The molecule has 3 aromatic carbocycles.